The maximum atomic E-state index is 14.8. The van der Waals surface area contributed by atoms with Crippen LogP contribution in [0.25, 0.3) is 21.2 Å². The van der Waals surface area contributed by atoms with Crippen molar-refractivity contribution in [1.29, 1.82) is 0 Å². The first-order valence-electron chi connectivity index (χ1n) is 15.2. The minimum absolute atomic E-state index is 0.0277. The van der Waals surface area contributed by atoms with Gasteiger partial charge >= 0.3 is 6.09 Å². The Morgan fingerprint density at radius 1 is 0.956 bits per heavy atom. The van der Waals surface area contributed by atoms with Crippen LogP contribution in [0.3, 0.4) is 0 Å². The quantitative estimate of drug-likeness (QED) is 0.199. The number of aryl methyl sites for hydroxylation is 1. The lowest BCUT2D eigenvalue weighted by molar-refractivity contribution is 0.0144. The molecule has 238 valence electrons. The zero-order chi connectivity index (χ0) is 32.5. The van der Waals surface area contributed by atoms with Crippen molar-refractivity contribution >= 4 is 45.0 Å². The second-order valence-corrected chi connectivity index (χ2v) is 13.9. The highest BCUT2D eigenvalue weighted by molar-refractivity contribution is 7.21. The third kappa shape index (κ3) is 7.15. The van der Waals surface area contributed by atoms with E-state index in [4.69, 9.17) is 16.3 Å². The number of rotatable bonds is 7. The van der Waals surface area contributed by atoms with Gasteiger partial charge in [-0.05, 0) is 105 Å². The zero-order valence-corrected chi connectivity index (χ0v) is 27.8. The number of hydrogen-bond donors (Lipinski definition) is 0. The number of ether oxygens (including phenoxy) is 1. The van der Waals surface area contributed by atoms with Gasteiger partial charge in [0.15, 0.2) is 0 Å². The fourth-order valence-electron chi connectivity index (χ4n) is 6.00. The summed E-state index contributed by atoms with van der Waals surface area (Å²) in [7, 11) is 1.75. The molecular weight excluding hydrogens is 616 g/mol. The maximum Gasteiger partial charge on any atom is 0.410 e. The van der Waals surface area contributed by atoms with Crippen LogP contribution in [0.5, 0.6) is 0 Å². The van der Waals surface area contributed by atoms with E-state index in [9.17, 15) is 18.4 Å². The summed E-state index contributed by atoms with van der Waals surface area (Å²) in [6, 6.07) is 12.0. The van der Waals surface area contributed by atoms with Gasteiger partial charge in [0.2, 0.25) is 0 Å². The van der Waals surface area contributed by atoms with Crippen LogP contribution < -0.4 is 0 Å². The molecule has 0 N–H and O–H groups in total. The summed E-state index contributed by atoms with van der Waals surface area (Å²) in [5, 5.41) is -0.136. The number of amides is 2. The van der Waals surface area contributed by atoms with E-state index in [1.165, 1.54) is 0 Å². The molecule has 1 saturated carbocycles. The van der Waals surface area contributed by atoms with Crippen LogP contribution >= 0.6 is 22.9 Å². The van der Waals surface area contributed by atoms with E-state index in [1.807, 2.05) is 32.9 Å². The molecule has 10 heteroatoms. The molecule has 0 bridgehead atoms. The number of carbonyl (C=O) groups excluding carboxylic acids is 2. The van der Waals surface area contributed by atoms with Crippen LogP contribution in [0, 0.1) is 11.6 Å². The van der Waals surface area contributed by atoms with E-state index < -0.39 is 17.2 Å². The Morgan fingerprint density at radius 2 is 1.60 bits per heavy atom. The first-order chi connectivity index (χ1) is 21.4. The normalized spacial score (nSPS) is 16.9. The van der Waals surface area contributed by atoms with Crippen molar-refractivity contribution in [3.05, 3.63) is 87.5 Å². The SMILES string of the molecule is CCc1ccc(-c2ccncc2)cc1CN(C(=O)c1sc2c(F)ccc(F)c2c1Cl)[C@H]1CC[C@H](N(C)C(=O)OC(C)(C)C)CC1. The first kappa shape index (κ1) is 32.8. The highest BCUT2D eigenvalue weighted by atomic mass is 35.5. The molecular formula is C35H38ClF2N3O3S. The standard InChI is InChI=1S/C35H38ClF2N3O3S/c1-6-21-7-8-23(22-15-17-39-18-16-22)19-24(21)20-41(26-11-9-25(10-12-26)40(5)34(43)44-35(2,3)4)33(42)32-30(36)29-27(37)13-14-28(38)31(29)45-32/h7-8,13-19,25-26H,6,9-12,20H2,1-5H3/t25-,26-. The molecule has 2 amide bonds. The number of benzene rings is 2. The molecule has 0 radical (unpaired) electrons. The predicted octanol–water partition coefficient (Wildman–Crippen LogP) is 9.28. The fourth-order valence-corrected chi connectivity index (χ4v) is 7.50. The molecule has 1 fully saturated rings. The Balaban J connectivity index is 1.49. The molecule has 45 heavy (non-hydrogen) atoms. The molecule has 1 aliphatic rings. The van der Waals surface area contributed by atoms with Crippen LogP contribution in [0.15, 0.2) is 54.9 Å². The average molecular weight is 654 g/mol. The molecule has 2 heterocycles. The Bertz CT molecular complexity index is 1700. The van der Waals surface area contributed by atoms with Crippen molar-refractivity contribution in [2.45, 2.75) is 84.0 Å². The van der Waals surface area contributed by atoms with Crippen molar-refractivity contribution in [3.63, 3.8) is 0 Å². The summed E-state index contributed by atoms with van der Waals surface area (Å²) >= 11 is 7.51. The number of halogens is 3. The lowest BCUT2D eigenvalue weighted by Gasteiger charge is -2.40. The molecule has 0 atom stereocenters. The van der Waals surface area contributed by atoms with Crippen molar-refractivity contribution < 1.29 is 23.1 Å². The van der Waals surface area contributed by atoms with Gasteiger partial charge in [-0.3, -0.25) is 9.78 Å². The molecule has 5 rings (SSSR count). The highest BCUT2D eigenvalue weighted by Gasteiger charge is 2.35. The van der Waals surface area contributed by atoms with Gasteiger partial charge in [-0.15, -0.1) is 11.3 Å². The summed E-state index contributed by atoms with van der Waals surface area (Å²) in [5.41, 5.74) is 3.50. The Kier molecular flexibility index (Phi) is 9.80. The van der Waals surface area contributed by atoms with E-state index in [0.717, 1.165) is 52.1 Å². The van der Waals surface area contributed by atoms with Crippen molar-refractivity contribution in [3.8, 4) is 11.1 Å². The largest absolute Gasteiger partial charge is 0.444 e. The van der Waals surface area contributed by atoms with Gasteiger partial charge in [-0.2, -0.15) is 0 Å². The molecule has 1 aliphatic carbocycles. The molecule has 0 spiro atoms. The van der Waals surface area contributed by atoms with E-state index in [2.05, 4.69) is 30.1 Å². The van der Waals surface area contributed by atoms with Gasteiger partial charge in [-0.25, -0.2) is 13.6 Å². The van der Waals surface area contributed by atoms with Crippen molar-refractivity contribution in [1.82, 2.24) is 14.8 Å². The van der Waals surface area contributed by atoms with Crippen LogP contribution in [0.1, 0.15) is 74.2 Å². The summed E-state index contributed by atoms with van der Waals surface area (Å²) in [4.78, 5) is 34.9. The molecule has 0 saturated heterocycles. The molecule has 4 aromatic rings. The van der Waals surface area contributed by atoms with E-state index in [0.29, 0.717) is 32.2 Å². The number of pyridine rings is 1. The lowest BCUT2D eigenvalue weighted by atomic mass is 9.88. The van der Waals surface area contributed by atoms with Gasteiger partial charge in [0.1, 0.15) is 22.1 Å². The van der Waals surface area contributed by atoms with Gasteiger partial charge in [0.05, 0.1) is 15.1 Å². The topological polar surface area (TPSA) is 62.7 Å². The van der Waals surface area contributed by atoms with Crippen LogP contribution in [-0.4, -0.2) is 51.5 Å². The molecule has 6 nitrogen and oxygen atoms in total. The summed E-state index contributed by atoms with van der Waals surface area (Å²) in [6.07, 6.45) is 6.50. The average Bonchev–Trinajstić information content (AvgIpc) is 3.38. The number of aromatic nitrogens is 1. The molecule has 0 unspecified atom stereocenters. The van der Waals surface area contributed by atoms with Crippen LogP contribution in [-0.2, 0) is 17.7 Å². The van der Waals surface area contributed by atoms with Crippen LogP contribution in [0.4, 0.5) is 13.6 Å². The Morgan fingerprint density at radius 3 is 2.22 bits per heavy atom. The lowest BCUT2D eigenvalue weighted by Crippen LogP contribution is -2.47. The van der Waals surface area contributed by atoms with Gasteiger partial charge in [0, 0.05) is 38.1 Å². The number of hydrogen-bond acceptors (Lipinski definition) is 5. The molecule has 0 aliphatic heterocycles. The van der Waals surface area contributed by atoms with E-state index >= 15 is 0 Å². The number of thiophene rings is 1. The summed E-state index contributed by atoms with van der Waals surface area (Å²) < 4.78 is 35.1. The van der Waals surface area contributed by atoms with Crippen LogP contribution in [0.2, 0.25) is 5.02 Å². The second-order valence-electron chi connectivity index (χ2n) is 12.5. The second kappa shape index (κ2) is 13.4. The van der Waals surface area contributed by atoms with Crippen molar-refractivity contribution in [2.75, 3.05) is 7.05 Å². The monoisotopic (exact) mass is 653 g/mol. The van der Waals surface area contributed by atoms with Crippen molar-refractivity contribution in [2.24, 2.45) is 0 Å². The first-order valence-corrected chi connectivity index (χ1v) is 16.4. The minimum atomic E-state index is -0.665. The van der Waals surface area contributed by atoms with Gasteiger partial charge < -0.3 is 14.5 Å². The van der Waals surface area contributed by atoms with E-state index in [-0.39, 0.29) is 44.1 Å². The fraction of sp³-hybridized carbons (Fsp3) is 0.400. The smallest absolute Gasteiger partial charge is 0.410 e. The molecule has 2 aromatic heterocycles. The zero-order valence-electron chi connectivity index (χ0n) is 26.2. The highest BCUT2D eigenvalue weighted by Crippen LogP contribution is 2.40. The number of carbonyl (C=O) groups is 2. The van der Waals surface area contributed by atoms with Gasteiger partial charge in [0.25, 0.3) is 5.91 Å². The number of fused-ring (bicyclic) bond motifs is 1. The minimum Gasteiger partial charge on any atom is -0.444 e. The Labute approximate surface area is 272 Å². The molecule has 2 aromatic carbocycles. The predicted molar refractivity (Wildman–Crippen MR) is 176 cm³/mol. The third-order valence-corrected chi connectivity index (χ3v) is 10.1. The van der Waals surface area contributed by atoms with E-state index in [1.54, 1.807) is 29.2 Å². The summed E-state index contributed by atoms with van der Waals surface area (Å²) in [6.45, 7) is 7.88. The number of nitrogens with zero attached hydrogens (tertiary/aromatic N) is 3. The van der Waals surface area contributed by atoms with Gasteiger partial charge in [-0.1, -0.05) is 30.7 Å². The summed E-state index contributed by atoms with van der Waals surface area (Å²) in [5.74, 6) is -1.64. The maximum absolute atomic E-state index is 14.8. The Hall–Kier alpha value is -3.56. The third-order valence-electron chi connectivity index (χ3n) is 8.41.